The van der Waals surface area contributed by atoms with Gasteiger partial charge in [-0.1, -0.05) is 36.4 Å². The number of carbonyl (C=O) groups is 1. The predicted octanol–water partition coefficient (Wildman–Crippen LogP) is 3.56. The molecule has 116 valence electrons. The number of nitrogens with one attached hydrogen (secondary N) is 1. The van der Waals surface area contributed by atoms with Gasteiger partial charge >= 0.3 is 6.36 Å². The fourth-order valence-electron chi connectivity index (χ4n) is 1.94. The molecular weight excluding hydrogens is 295 g/mol. The van der Waals surface area contributed by atoms with Gasteiger partial charge in [-0.25, -0.2) is 0 Å². The summed E-state index contributed by atoms with van der Waals surface area (Å²) in [5.41, 5.74) is 0.885. The van der Waals surface area contributed by atoms with Crippen LogP contribution in [-0.2, 0) is 6.42 Å². The molecule has 6 heteroatoms. The lowest BCUT2D eigenvalue weighted by molar-refractivity contribution is -0.274. The minimum atomic E-state index is -4.73. The van der Waals surface area contributed by atoms with Gasteiger partial charge in [-0.15, -0.1) is 13.2 Å². The molecule has 0 heterocycles. The fraction of sp³-hybridized carbons (Fsp3) is 0.188. The van der Waals surface area contributed by atoms with Gasteiger partial charge in [0.25, 0.3) is 5.91 Å². The number of ether oxygens (including phenoxy) is 1. The van der Waals surface area contributed by atoms with Crippen molar-refractivity contribution in [2.24, 2.45) is 0 Å². The highest BCUT2D eigenvalue weighted by atomic mass is 19.4. The maximum atomic E-state index is 12.3. The van der Waals surface area contributed by atoms with Gasteiger partial charge in [-0.2, -0.15) is 0 Å². The third-order valence-electron chi connectivity index (χ3n) is 2.91. The van der Waals surface area contributed by atoms with Crippen molar-refractivity contribution in [3.63, 3.8) is 0 Å². The molecule has 0 aliphatic carbocycles. The van der Waals surface area contributed by atoms with Crippen LogP contribution in [0.25, 0.3) is 0 Å². The van der Waals surface area contributed by atoms with Crippen LogP contribution in [-0.4, -0.2) is 18.8 Å². The van der Waals surface area contributed by atoms with E-state index >= 15 is 0 Å². The summed E-state index contributed by atoms with van der Waals surface area (Å²) in [7, 11) is 0. The summed E-state index contributed by atoms with van der Waals surface area (Å²) in [6.45, 7) is 0.214. The number of benzene rings is 2. The van der Waals surface area contributed by atoms with Crippen molar-refractivity contribution in [1.29, 1.82) is 0 Å². The van der Waals surface area contributed by atoms with E-state index in [9.17, 15) is 18.0 Å². The van der Waals surface area contributed by atoms with Gasteiger partial charge in [0.1, 0.15) is 5.75 Å². The lowest BCUT2D eigenvalue weighted by Gasteiger charge is -2.13. The molecule has 2 aromatic carbocycles. The maximum absolute atomic E-state index is 12.3. The van der Waals surface area contributed by atoms with E-state index < -0.39 is 6.36 Å². The van der Waals surface area contributed by atoms with Crippen LogP contribution < -0.4 is 10.1 Å². The first-order chi connectivity index (χ1) is 10.5. The first-order valence-electron chi connectivity index (χ1n) is 6.62. The summed E-state index contributed by atoms with van der Waals surface area (Å²) in [6.07, 6.45) is -4.49. The Hall–Kier alpha value is -2.50. The lowest BCUT2D eigenvalue weighted by Crippen LogP contribution is -2.26. The Morgan fingerprint density at radius 1 is 1.00 bits per heavy atom. The molecule has 0 spiro atoms. The van der Waals surface area contributed by atoms with E-state index in [-0.39, 0.29) is 24.6 Å². The Balaban J connectivity index is 1.93. The van der Waals surface area contributed by atoms with Gasteiger partial charge < -0.3 is 10.1 Å². The van der Waals surface area contributed by atoms with Gasteiger partial charge in [0.05, 0.1) is 0 Å². The summed E-state index contributed by atoms with van der Waals surface area (Å²) >= 11 is 0. The minimum absolute atomic E-state index is 0.214. The molecule has 0 atom stereocenters. The Kier molecular flexibility index (Phi) is 5.04. The highest BCUT2D eigenvalue weighted by Gasteiger charge is 2.31. The van der Waals surface area contributed by atoms with Crippen LogP contribution in [0.1, 0.15) is 15.9 Å². The second kappa shape index (κ2) is 6.98. The molecule has 0 radical (unpaired) electrons. The number of para-hydroxylation sites is 1. The van der Waals surface area contributed by atoms with Crippen LogP contribution in [0.15, 0.2) is 54.6 Å². The maximum Gasteiger partial charge on any atom is 0.573 e. The van der Waals surface area contributed by atoms with Gasteiger partial charge in [-0.05, 0) is 30.2 Å². The number of amides is 1. The Morgan fingerprint density at radius 2 is 1.64 bits per heavy atom. The summed E-state index contributed by atoms with van der Waals surface area (Å²) in [4.78, 5) is 11.8. The standard InChI is InChI=1S/C16H14F3NO2/c17-16(18,19)22-14-9-5-4-6-12(14)10-11-20-15(21)13-7-2-1-3-8-13/h1-9H,10-11H2,(H,20,21). The van der Waals surface area contributed by atoms with Crippen LogP contribution >= 0.6 is 0 Å². The zero-order valence-electron chi connectivity index (χ0n) is 11.6. The van der Waals surface area contributed by atoms with Crippen molar-refractivity contribution in [1.82, 2.24) is 5.32 Å². The summed E-state index contributed by atoms with van der Waals surface area (Å²) < 4.78 is 40.9. The second-order valence-corrected chi connectivity index (χ2v) is 4.53. The molecule has 1 N–H and O–H groups in total. The minimum Gasteiger partial charge on any atom is -0.406 e. The number of rotatable bonds is 5. The van der Waals surface area contributed by atoms with Crippen molar-refractivity contribution in [3.8, 4) is 5.75 Å². The largest absolute Gasteiger partial charge is 0.573 e. The van der Waals surface area contributed by atoms with E-state index in [4.69, 9.17) is 0 Å². The van der Waals surface area contributed by atoms with Gasteiger partial charge in [0.15, 0.2) is 0 Å². The van der Waals surface area contributed by atoms with Crippen molar-refractivity contribution >= 4 is 5.91 Å². The van der Waals surface area contributed by atoms with Crippen molar-refractivity contribution in [3.05, 3.63) is 65.7 Å². The first-order valence-corrected chi connectivity index (χ1v) is 6.62. The van der Waals surface area contributed by atoms with Crippen LogP contribution in [0.4, 0.5) is 13.2 Å². The molecule has 0 bridgehead atoms. The number of alkyl halides is 3. The highest BCUT2D eigenvalue weighted by Crippen LogP contribution is 2.26. The number of hydrogen-bond acceptors (Lipinski definition) is 2. The zero-order valence-corrected chi connectivity index (χ0v) is 11.6. The first kappa shape index (κ1) is 15.9. The lowest BCUT2D eigenvalue weighted by atomic mass is 10.1. The van der Waals surface area contributed by atoms with Crippen LogP contribution in [0.2, 0.25) is 0 Å². The van der Waals surface area contributed by atoms with Crippen molar-refractivity contribution in [2.45, 2.75) is 12.8 Å². The van der Waals surface area contributed by atoms with E-state index in [0.717, 1.165) is 0 Å². The number of hydrogen-bond donors (Lipinski definition) is 1. The quantitative estimate of drug-likeness (QED) is 0.917. The topological polar surface area (TPSA) is 38.3 Å². The van der Waals surface area contributed by atoms with Gasteiger partial charge in [-0.3, -0.25) is 4.79 Å². The monoisotopic (exact) mass is 309 g/mol. The van der Waals surface area contributed by atoms with Crippen molar-refractivity contribution < 1.29 is 22.7 Å². The molecule has 0 aromatic heterocycles. The number of carbonyl (C=O) groups excluding carboxylic acids is 1. The molecule has 2 rings (SSSR count). The molecule has 0 saturated heterocycles. The normalized spacial score (nSPS) is 11.0. The van der Waals surface area contributed by atoms with E-state index in [1.807, 2.05) is 0 Å². The molecule has 0 unspecified atom stereocenters. The number of halogens is 3. The molecule has 1 amide bonds. The molecule has 3 nitrogen and oxygen atoms in total. The molecule has 0 aliphatic heterocycles. The molecule has 22 heavy (non-hydrogen) atoms. The van der Waals surface area contributed by atoms with Crippen LogP contribution in [0.5, 0.6) is 5.75 Å². The molecule has 0 fully saturated rings. The van der Waals surface area contributed by atoms with Crippen molar-refractivity contribution in [2.75, 3.05) is 6.54 Å². The van der Waals surface area contributed by atoms with Gasteiger partial charge in [0, 0.05) is 12.1 Å². The van der Waals surface area contributed by atoms with Crippen LogP contribution in [0.3, 0.4) is 0 Å². The second-order valence-electron chi connectivity index (χ2n) is 4.53. The zero-order chi connectivity index (χ0) is 16.0. The fourth-order valence-corrected chi connectivity index (χ4v) is 1.94. The highest BCUT2D eigenvalue weighted by molar-refractivity contribution is 5.94. The Morgan fingerprint density at radius 3 is 2.32 bits per heavy atom. The van der Waals surface area contributed by atoms with E-state index in [1.54, 1.807) is 36.4 Å². The Labute approximate surface area is 125 Å². The van der Waals surface area contributed by atoms with Gasteiger partial charge in [0.2, 0.25) is 0 Å². The molecule has 0 saturated carbocycles. The smallest absolute Gasteiger partial charge is 0.406 e. The molecular formula is C16H14F3NO2. The molecule has 0 aliphatic rings. The average Bonchev–Trinajstić information content (AvgIpc) is 2.48. The Bertz CT molecular complexity index is 627. The molecule has 2 aromatic rings. The van der Waals surface area contributed by atoms with Crippen LogP contribution in [0, 0.1) is 0 Å². The average molecular weight is 309 g/mol. The summed E-state index contributed by atoms with van der Waals surface area (Å²) in [6, 6.07) is 14.5. The van der Waals surface area contributed by atoms with E-state index in [2.05, 4.69) is 10.1 Å². The van der Waals surface area contributed by atoms with E-state index in [0.29, 0.717) is 11.1 Å². The summed E-state index contributed by atoms with van der Waals surface area (Å²) in [5, 5.41) is 2.66. The third kappa shape index (κ3) is 4.80. The van der Waals surface area contributed by atoms with E-state index in [1.165, 1.54) is 18.2 Å². The summed E-state index contributed by atoms with van der Waals surface area (Å²) in [5.74, 6) is -0.515. The predicted molar refractivity (Wildman–Crippen MR) is 75.6 cm³/mol. The third-order valence-corrected chi connectivity index (χ3v) is 2.91. The SMILES string of the molecule is O=C(NCCc1ccccc1OC(F)(F)F)c1ccccc1.